The first kappa shape index (κ1) is 16.3. The normalized spacial score (nSPS) is 11.7. The molecule has 0 saturated carbocycles. The summed E-state index contributed by atoms with van der Waals surface area (Å²) in [4.78, 5) is 4.41. The second kappa shape index (κ2) is 6.78. The number of hydrogen-bond donors (Lipinski definition) is 1. The smallest absolute Gasteiger partial charge is 0.406 e. The maximum absolute atomic E-state index is 12.2. The van der Waals surface area contributed by atoms with Crippen LogP contribution in [0, 0.1) is 0 Å². The van der Waals surface area contributed by atoms with Gasteiger partial charge in [-0.25, -0.2) is 9.67 Å². The van der Waals surface area contributed by atoms with E-state index in [9.17, 15) is 13.2 Å². The molecule has 0 aliphatic carbocycles. The average molecular weight is 314 g/mol. The van der Waals surface area contributed by atoms with Crippen molar-refractivity contribution in [3.8, 4) is 11.4 Å². The summed E-state index contributed by atoms with van der Waals surface area (Å²) in [5.41, 5.74) is 6.14. The Morgan fingerprint density at radius 3 is 2.45 bits per heavy atom. The first-order valence-electron chi connectivity index (χ1n) is 6.94. The number of hydrogen-bond acceptors (Lipinski definition) is 4. The number of aromatic nitrogens is 3. The fourth-order valence-corrected chi connectivity index (χ4v) is 1.96. The number of ether oxygens (including phenoxy) is 1. The van der Waals surface area contributed by atoms with Crippen LogP contribution in [0.15, 0.2) is 24.3 Å². The summed E-state index contributed by atoms with van der Waals surface area (Å²) >= 11 is 0. The van der Waals surface area contributed by atoms with Crippen LogP contribution in [0.25, 0.3) is 5.69 Å². The molecule has 2 aromatic rings. The molecule has 0 amide bonds. The Morgan fingerprint density at radius 1 is 1.23 bits per heavy atom. The van der Waals surface area contributed by atoms with Crippen molar-refractivity contribution in [2.24, 2.45) is 5.73 Å². The number of halogens is 3. The molecular weight excluding hydrogens is 297 g/mol. The molecule has 0 radical (unpaired) electrons. The molecule has 120 valence electrons. The Bertz CT molecular complexity index is 608. The Balaban J connectivity index is 2.25. The third kappa shape index (κ3) is 4.20. The van der Waals surface area contributed by atoms with Gasteiger partial charge in [0, 0.05) is 12.8 Å². The van der Waals surface area contributed by atoms with E-state index in [4.69, 9.17) is 5.73 Å². The first-order chi connectivity index (χ1) is 10.4. The predicted molar refractivity (Wildman–Crippen MR) is 74.8 cm³/mol. The average Bonchev–Trinajstić information content (AvgIpc) is 2.87. The minimum Gasteiger partial charge on any atom is -0.406 e. The van der Waals surface area contributed by atoms with Crippen molar-refractivity contribution in [1.82, 2.24) is 14.8 Å². The fraction of sp³-hybridized carbons (Fsp3) is 0.429. The Kier molecular flexibility index (Phi) is 5.02. The van der Waals surface area contributed by atoms with E-state index < -0.39 is 6.36 Å². The van der Waals surface area contributed by atoms with E-state index in [0.717, 1.165) is 12.2 Å². The second-order valence-corrected chi connectivity index (χ2v) is 4.64. The van der Waals surface area contributed by atoms with Gasteiger partial charge in [0.15, 0.2) is 5.82 Å². The van der Waals surface area contributed by atoms with E-state index in [1.807, 2.05) is 6.92 Å². The number of nitrogens with zero attached hydrogens (tertiary/aromatic N) is 3. The lowest BCUT2D eigenvalue weighted by molar-refractivity contribution is -0.274. The standard InChI is InChI=1S/C14H17F3N4O/c1-2-12-19-13(4-3-9-18)21(20-12)10-5-7-11(8-6-10)22-14(15,16)17/h5-8H,2-4,9,18H2,1H3. The monoisotopic (exact) mass is 314 g/mol. The summed E-state index contributed by atoms with van der Waals surface area (Å²) in [6.07, 6.45) is -2.60. The van der Waals surface area contributed by atoms with Gasteiger partial charge in [0.05, 0.1) is 5.69 Å². The number of aryl methyl sites for hydroxylation is 2. The lowest BCUT2D eigenvalue weighted by atomic mass is 10.2. The molecule has 0 atom stereocenters. The summed E-state index contributed by atoms with van der Waals surface area (Å²) in [6.45, 7) is 2.47. The van der Waals surface area contributed by atoms with Crippen molar-refractivity contribution in [3.63, 3.8) is 0 Å². The van der Waals surface area contributed by atoms with Crippen LogP contribution < -0.4 is 10.5 Å². The topological polar surface area (TPSA) is 66.0 Å². The van der Waals surface area contributed by atoms with Crippen molar-refractivity contribution >= 4 is 0 Å². The molecule has 0 fully saturated rings. The summed E-state index contributed by atoms with van der Waals surface area (Å²) < 4.78 is 42.0. The molecule has 2 N–H and O–H groups in total. The molecule has 0 spiro atoms. The quantitative estimate of drug-likeness (QED) is 0.890. The van der Waals surface area contributed by atoms with Gasteiger partial charge < -0.3 is 10.5 Å². The minimum atomic E-state index is -4.70. The highest BCUT2D eigenvalue weighted by Gasteiger charge is 2.31. The molecule has 0 aliphatic rings. The molecule has 8 heteroatoms. The Morgan fingerprint density at radius 2 is 1.91 bits per heavy atom. The van der Waals surface area contributed by atoms with E-state index in [-0.39, 0.29) is 5.75 Å². The molecule has 2 rings (SSSR count). The Labute approximate surface area is 125 Å². The molecule has 1 aromatic heterocycles. The molecule has 5 nitrogen and oxygen atoms in total. The molecule has 1 aromatic carbocycles. The zero-order chi connectivity index (χ0) is 16.2. The van der Waals surface area contributed by atoms with Gasteiger partial charge in [-0.05, 0) is 37.2 Å². The maximum Gasteiger partial charge on any atom is 0.573 e. The predicted octanol–water partition coefficient (Wildman–Crippen LogP) is 2.62. The third-order valence-corrected chi connectivity index (χ3v) is 2.95. The zero-order valence-corrected chi connectivity index (χ0v) is 12.1. The van der Waals surface area contributed by atoms with Gasteiger partial charge in [-0.2, -0.15) is 5.10 Å². The number of nitrogens with two attached hydrogens (primary N) is 1. The maximum atomic E-state index is 12.2. The summed E-state index contributed by atoms with van der Waals surface area (Å²) in [7, 11) is 0. The van der Waals surface area contributed by atoms with Crippen LogP contribution in [0.2, 0.25) is 0 Å². The van der Waals surface area contributed by atoms with E-state index in [1.165, 1.54) is 24.3 Å². The lowest BCUT2D eigenvalue weighted by Crippen LogP contribution is -2.17. The van der Waals surface area contributed by atoms with E-state index >= 15 is 0 Å². The van der Waals surface area contributed by atoms with Gasteiger partial charge in [0.2, 0.25) is 0 Å². The first-order valence-corrected chi connectivity index (χ1v) is 6.94. The van der Waals surface area contributed by atoms with Gasteiger partial charge in [-0.1, -0.05) is 6.92 Å². The molecule has 0 saturated heterocycles. The summed E-state index contributed by atoms with van der Waals surface area (Å²) in [5.74, 6) is 1.16. The van der Waals surface area contributed by atoms with Gasteiger partial charge in [-0.15, -0.1) is 13.2 Å². The van der Waals surface area contributed by atoms with Crippen molar-refractivity contribution in [2.75, 3.05) is 6.54 Å². The molecule has 0 aliphatic heterocycles. The van der Waals surface area contributed by atoms with E-state index in [1.54, 1.807) is 4.68 Å². The number of alkyl halides is 3. The zero-order valence-electron chi connectivity index (χ0n) is 12.1. The van der Waals surface area contributed by atoms with Crippen molar-refractivity contribution in [2.45, 2.75) is 32.5 Å². The van der Waals surface area contributed by atoms with Gasteiger partial charge in [0.25, 0.3) is 0 Å². The fourth-order valence-electron chi connectivity index (χ4n) is 1.96. The van der Waals surface area contributed by atoms with E-state index in [2.05, 4.69) is 14.8 Å². The highest BCUT2D eigenvalue weighted by molar-refractivity contribution is 5.37. The van der Waals surface area contributed by atoms with E-state index in [0.29, 0.717) is 30.9 Å². The summed E-state index contributed by atoms with van der Waals surface area (Å²) in [5, 5.41) is 4.36. The highest BCUT2D eigenvalue weighted by atomic mass is 19.4. The molecule has 0 bridgehead atoms. The SMILES string of the molecule is CCc1nc(CCCN)n(-c2ccc(OC(F)(F)F)cc2)n1. The van der Waals surface area contributed by atoms with Crippen LogP contribution in [0.4, 0.5) is 13.2 Å². The van der Waals surface area contributed by atoms with Crippen molar-refractivity contribution < 1.29 is 17.9 Å². The molecule has 1 heterocycles. The van der Waals surface area contributed by atoms with Gasteiger partial charge in [0.1, 0.15) is 11.6 Å². The van der Waals surface area contributed by atoms with Crippen LogP contribution in [-0.4, -0.2) is 27.7 Å². The number of rotatable bonds is 6. The Hall–Kier alpha value is -2.09. The second-order valence-electron chi connectivity index (χ2n) is 4.64. The highest BCUT2D eigenvalue weighted by Crippen LogP contribution is 2.24. The largest absolute Gasteiger partial charge is 0.573 e. The molecule has 0 unspecified atom stereocenters. The van der Waals surface area contributed by atoms with Crippen LogP contribution in [-0.2, 0) is 12.8 Å². The summed E-state index contributed by atoms with van der Waals surface area (Å²) in [6, 6.07) is 5.54. The minimum absolute atomic E-state index is 0.268. The van der Waals surface area contributed by atoms with Crippen molar-refractivity contribution in [1.29, 1.82) is 0 Å². The lowest BCUT2D eigenvalue weighted by Gasteiger charge is -2.10. The van der Waals surface area contributed by atoms with Crippen LogP contribution in [0.3, 0.4) is 0 Å². The molecular formula is C14H17F3N4O. The van der Waals surface area contributed by atoms with Crippen LogP contribution in [0.1, 0.15) is 25.0 Å². The number of benzene rings is 1. The van der Waals surface area contributed by atoms with Crippen molar-refractivity contribution in [3.05, 3.63) is 35.9 Å². The third-order valence-electron chi connectivity index (χ3n) is 2.95. The van der Waals surface area contributed by atoms with Crippen LogP contribution >= 0.6 is 0 Å². The van der Waals surface area contributed by atoms with Crippen LogP contribution in [0.5, 0.6) is 5.75 Å². The molecule has 22 heavy (non-hydrogen) atoms. The van der Waals surface area contributed by atoms with Gasteiger partial charge in [-0.3, -0.25) is 0 Å². The van der Waals surface area contributed by atoms with Gasteiger partial charge >= 0.3 is 6.36 Å².